The number of rotatable bonds is 2. The molecule has 1 aliphatic rings. The van der Waals surface area contributed by atoms with E-state index in [9.17, 15) is 4.21 Å². The highest BCUT2D eigenvalue weighted by molar-refractivity contribution is 9.10. The standard InChI is InChI=1S/C17H13BrOS/c18-15-8-9-16-13(11-15)6-7-14(17(16)20-19)10-12-4-2-1-3-5-12/h1-9,11,14H,10H2. The molecule has 1 nitrogen and oxygen atoms in total. The molecule has 2 aromatic rings. The van der Waals surface area contributed by atoms with Crippen molar-refractivity contribution in [2.45, 2.75) is 6.42 Å². The van der Waals surface area contributed by atoms with Gasteiger partial charge in [0, 0.05) is 10.4 Å². The van der Waals surface area contributed by atoms with Gasteiger partial charge in [-0.25, -0.2) is 4.21 Å². The van der Waals surface area contributed by atoms with Gasteiger partial charge in [0.25, 0.3) is 0 Å². The number of allylic oxidation sites excluding steroid dienone is 1. The van der Waals surface area contributed by atoms with E-state index in [1.165, 1.54) is 5.56 Å². The van der Waals surface area contributed by atoms with Crippen LogP contribution in [0.3, 0.4) is 0 Å². The van der Waals surface area contributed by atoms with Crippen molar-refractivity contribution in [3.63, 3.8) is 0 Å². The summed E-state index contributed by atoms with van der Waals surface area (Å²) in [4.78, 5) is 0.916. The molecule has 0 fully saturated rings. The van der Waals surface area contributed by atoms with Crippen LogP contribution >= 0.6 is 15.9 Å². The largest absolute Gasteiger partial charge is 0.212 e. The van der Waals surface area contributed by atoms with Gasteiger partial charge in [-0.2, -0.15) is 0 Å². The van der Waals surface area contributed by atoms with Crippen LogP contribution in [0.2, 0.25) is 0 Å². The Morgan fingerprint density at radius 2 is 1.90 bits per heavy atom. The van der Waals surface area contributed by atoms with Gasteiger partial charge in [-0.1, -0.05) is 64.5 Å². The number of halogens is 1. The predicted octanol–water partition coefficient (Wildman–Crippen LogP) is 4.07. The fourth-order valence-electron chi connectivity index (χ4n) is 2.54. The highest BCUT2D eigenvalue weighted by Crippen LogP contribution is 2.27. The maximum atomic E-state index is 11.6. The molecule has 0 spiro atoms. The lowest BCUT2D eigenvalue weighted by atomic mass is 9.85. The summed E-state index contributed by atoms with van der Waals surface area (Å²) in [6.07, 6.45) is 5.13. The summed E-state index contributed by atoms with van der Waals surface area (Å²) in [6, 6.07) is 16.4. The molecule has 0 amide bonds. The third kappa shape index (κ3) is 2.69. The molecule has 0 bridgehead atoms. The van der Waals surface area contributed by atoms with Gasteiger partial charge in [-0.15, -0.1) is 0 Å². The highest BCUT2D eigenvalue weighted by atomic mass is 79.9. The van der Waals surface area contributed by atoms with Crippen LogP contribution in [0.15, 0.2) is 59.1 Å². The van der Waals surface area contributed by atoms with Crippen LogP contribution in [0.4, 0.5) is 0 Å². The van der Waals surface area contributed by atoms with Gasteiger partial charge in [-0.3, -0.25) is 0 Å². The van der Waals surface area contributed by atoms with Crippen LogP contribution in [-0.4, -0.2) is 9.07 Å². The van der Waals surface area contributed by atoms with Gasteiger partial charge in [-0.05, 0) is 35.2 Å². The minimum Gasteiger partial charge on any atom is -0.212 e. The molecule has 1 atom stereocenters. The van der Waals surface area contributed by atoms with Crippen LogP contribution < -0.4 is 0 Å². The molecule has 3 heteroatoms. The molecular formula is C17H13BrOS. The van der Waals surface area contributed by atoms with Gasteiger partial charge in [0.05, 0.1) is 16.1 Å². The summed E-state index contributed by atoms with van der Waals surface area (Å²) in [5.74, 6) is 0.175. The lowest BCUT2D eigenvalue weighted by molar-refractivity contribution is 0.700. The normalized spacial score (nSPS) is 16.9. The Labute approximate surface area is 130 Å². The Morgan fingerprint density at radius 1 is 1.10 bits per heavy atom. The average molecular weight is 345 g/mol. The van der Waals surface area contributed by atoms with Gasteiger partial charge >= 0.3 is 0 Å². The van der Waals surface area contributed by atoms with Crippen LogP contribution in [0.25, 0.3) is 6.08 Å². The Kier molecular flexibility index (Phi) is 3.99. The monoisotopic (exact) mass is 344 g/mol. The summed E-state index contributed by atoms with van der Waals surface area (Å²) in [5.41, 5.74) is 3.44. The second-order valence-corrected chi connectivity index (χ2v) is 6.36. The molecule has 1 unspecified atom stereocenters. The Bertz CT molecular complexity index is 715. The van der Waals surface area contributed by atoms with E-state index in [0.717, 1.165) is 26.9 Å². The molecule has 1 aliphatic carbocycles. The minimum absolute atomic E-state index is 0.175. The van der Waals surface area contributed by atoms with E-state index < -0.39 is 0 Å². The molecule has 3 rings (SSSR count). The van der Waals surface area contributed by atoms with Crippen molar-refractivity contribution in [1.82, 2.24) is 0 Å². The zero-order valence-corrected chi connectivity index (χ0v) is 13.2. The van der Waals surface area contributed by atoms with Crippen LogP contribution in [0.5, 0.6) is 0 Å². The first-order valence-corrected chi connectivity index (χ1v) is 8.00. The van der Waals surface area contributed by atoms with Crippen molar-refractivity contribution in [3.05, 3.63) is 75.8 Å². The minimum atomic E-state index is 0.175. The van der Waals surface area contributed by atoms with Crippen molar-refractivity contribution < 1.29 is 4.21 Å². The molecule has 0 N–H and O–H groups in total. The second-order valence-electron chi connectivity index (χ2n) is 4.83. The average Bonchev–Trinajstić information content (AvgIpc) is 2.48. The fraction of sp³-hybridized carbons (Fsp3) is 0.118. The van der Waals surface area contributed by atoms with E-state index >= 15 is 0 Å². The van der Waals surface area contributed by atoms with Gasteiger partial charge in [0.15, 0.2) is 0 Å². The van der Waals surface area contributed by atoms with E-state index in [4.69, 9.17) is 0 Å². The zero-order chi connectivity index (χ0) is 13.9. The van der Waals surface area contributed by atoms with E-state index in [0.29, 0.717) is 11.3 Å². The van der Waals surface area contributed by atoms with E-state index in [1.807, 2.05) is 30.3 Å². The third-order valence-electron chi connectivity index (χ3n) is 3.51. The molecule has 20 heavy (non-hydrogen) atoms. The van der Waals surface area contributed by atoms with Gasteiger partial charge in [0.2, 0.25) is 0 Å². The third-order valence-corrected chi connectivity index (χ3v) is 4.71. The first-order chi connectivity index (χ1) is 9.78. The summed E-state index contributed by atoms with van der Waals surface area (Å²) in [5, 5.41) is 0. The van der Waals surface area contributed by atoms with Crippen LogP contribution in [-0.2, 0) is 17.7 Å². The van der Waals surface area contributed by atoms with E-state index in [-0.39, 0.29) is 5.92 Å². The maximum Gasteiger partial charge on any atom is 0.0933 e. The molecule has 100 valence electrons. The Hall–Kier alpha value is -1.45. The SMILES string of the molecule is O=S=C1c2ccc(Br)cc2C=CC1Cc1ccccc1. The summed E-state index contributed by atoms with van der Waals surface area (Å²) < 4.78 is 12.6. The molecule has 2 aromatic carbocycles. The van der Waals surface area contributed by atoms with Crippen molar-refractivity contribution in [2.75, 3.05) is 0 Å². The quantitative estimate of drug-likeness (QED) is 0.750. The number of hydrogen-bond donors (Lipinski definition) is 0. The Morgan fingerprint density at radius 3 is 2.65 bits per heavy atom. The van der Waals surface area contributed by atoms with E-state index in [2.05, 4.69) is 46.3 Å². The van der Waals surface area contributed by atoms with Gasteiger partial charge < -0.3 is 0 Å². The lowest BCUT2D eigenvalue weighted by Gasteiger charge is -2.20. The van der Waals surface area contributed by atoms with Gasteiger partial charge in [0.1, 0.15) is 0 Å². The fourth-order valence-corrected chi connectivity index (χ4v) is 3.48. The number of hydrogen-bond acceptors (Lipinski definition) is 1. The highest BCUT2D eigenvalue weighted by Gasteiger charge is 2.21. The summed E-state index contributed by atoms with van der Waals surface area (Å²) >= 11 is 4.09. The van der Waals surface area contributed by atoms with Crippen molar-refractivity contribution >= 4 is 38.1 Å². The smallest absolute Gasteiger partial charge is 0.0933 e. The maximum absolute atomic E-state index is 11.6. The Balaban J connectivity index is 1.96. The molecule has 0 saturated heterocycles. The van der Waals surface area contributed by atoms with Crippen molar-refractivity contribution in [2.24, 2.45) is 5.92 Å². The van der Waals surface area contributed by atoms with Crippen molar-refractivity contribution in [3.8, 4) is 0 Å². The first-order valence-electron chi connectivity index (χ1n) is 6.46. The number of benzene rings is 2. The second kappa shape index (κ2) is 5.90. The number of fused-ring (bicyclic) bond motifs is 1. The molecule has 0 aliphatic heterocycles. The van der Waals surface area contributed by atoms with Crippen molar-refractivity contribution in [1.29, 1.82) is 0 Å². The topological polar surface area (TPSA) is 17.1 Å². The van der Waals surface area contributed by atoms with E-state index in [1.54, 1.807) is 0 Å². The molecule has 0 radical (unpaired) electrons. The molecular weight excluding hydrogens is 332 g/mol. The molecule has 0 aromatic heterocycles. The summed E-state index contributed by atoms with van der Waals surface area (Å²) in [6.45, 7) is 0. The molecule has 0 heterocycles. The predicted molar refractivity (Wildman–Crippen MR) is 89.1 cm³/mol. The molecule has 0 saturated carbocycles. The lowest BCUT2D eigenvalue weighted by Crippen LogP contribution is -2.20. The van der Waals surface area contributed by atoms with Crippen LogP contribution in [0, 0.1) is 5.92 Å². The first kappa shape index (κ1) is 13.5. The van der Waals surface area contributed by atoms with Crippen LogP contribution in [0.1, 0.15) is 16.7 Å². The zero-order valence-electron chi connectivity index (χ0n) is 10.8. The summed E-state index contributed by atoms with van der Waals surface area (Å²) in [7, 11) is 0.